The molecule has 0 spiro atoms. The number of amides is 1. The molecule has 0 aliphatic rings. The van der Waals surface area contributed by atoms with Crippen molar-refractivity contribution in [3.8, 4) is 17.2 Å². The van der Waals surface area contributed by atoms with Gasteiger partial charge in [-0.1, -0.05) is 17.7 Å². The SMILES string of the molecule is CCOc1cc(/C=N\NC(C)=O)ccc1OCCOc1ccc(C)cc1. The highest BCUT2D eigenvalue weighted by Crippen LogP contribution is 2.28. The van der Waals surface area contributed by atoms with E-state index in [-0.39, 0.29) is 5.91 Å². The van der Waals surface area contributed by atoms with E-state index in [0.717, 1.165) is 11.3 Å². The molecule has 0 aliphatic carbocycles. The van der Waals surface area contributed by atoms with Crippen LogP contribution in [0.5, 0.6) is 17.2 Å². The lowest BCUT2D eigenvalue weighted by Gasteiger charge is -2.13. The number of hydrogen-bond donors (Lipinski definition) is 1. The van der Waals surface area contributed by atoms with E-state index < -0.39 is 0 Å². The van der Waals surface area contributed by atoms with Crippen molar-refractivity contribution in [1.82, 2.24) is 5.43 Å². The molecule has 0 saturated heterocycles. The standard InChI is InChI=1S/C20H24N2O4/c1-4-24-20-13-17(14-21-22-16(3)23)7-10-19(20)26-12-11-25-18-8-5-15(2)6-9-18/h5-10,13-14H,4,11-12H2,1-3H3,(H,22,23)/b21-14-. The zero-order valence-electron chi connectivity index (χ0n) is 15.3. The molecule has 0 bridgehead atoms. The smallest absolute Gasteiger partial charge is 0.236 e. The predicted octanol–water partition coefficient (Wildman–Crippen LogP) is 3.32. The molecule has 0 radical (unpaired) electrons. The Morgan fingerprint density at radius 2 is 1.77 bits per heavy atom. The van der Waals surface area contributed by atoms with Crippen LogP contribution in [-0.4, -0.2) is 31.9 Å². The van der Waals surface area contributed by atoms with Crippen molar-refractivity contribution in [2.75, 3.05) is 19.8 Å². The third kappa shape index (κ3) is 6.47. The minimum atomic E-state index is -0.222. The first-order valence-corrected chi connectivity index (χ1v) is 8.47. The molecule has 0 aromatic heterocycles. The number of carbonyl (C=O) groups is 1. The highest BCUT2D eigenvalue weighted by Gasteiger charge is 2.06. The number of hydrogen-bond acceptors (Lipinski definition) is 5. The van der Waals surface area contributed by atoms with Crippen molar-refractivity contribution >= 4 is 12.1 Å². The minimum absolute atomic E-state index is 0.222. The molecular formula is C20H24N2O4. The first-order valence-electron chi connectivity index (χ1n) is 8.47. The maximum atomic E-state index is 10.8. The maximum Gasteiger partial charge on any atom is 0.236 e. The van der Waals surface area contributed by atoms with E-state index in [2.05, 4.69) is 10.5 Å². The average Bonchev–Trinajstić information content (AvgIpc) is 2.61. The van der Waals surface area contributed by atoms with Crippen LogP contribution in [0.15, 0.2) is 47.6 Å². The molecule has 0 aliphatic heterocycles. The number of benzene rings is 2. The Morgan fingerprint density at radius 1 is 1.04 bits per heavy atom. The molecule has 0 heterocycles. The van der Waals surface area contributed by atoms with Gasteiger partial charge in [-0.15, -0.1) is 0 Å². The molecule has 0 atom stereocenters. The first-order chi connectivity index (χ1) is 12.6. The lowest BCUT2D eigenvalue weighted by molar-refractivity contribution is -0.118. The summed E-state index contributed by atoms with van der Waals surface area (Å²) in [5, 5.41) is 3.85. The van der Waals surface area contributed by atoms with Crippen molar-refractivity contribution in [2.24, 2.45) is 5.10 Å². The predicted molar refractivity (Wildman–Crippen MR) is 101 cm³/mol. The van der Waals surface area contributed by atoms with Crippen LogP contribution in [0.1, 0.15) is 25.0 Å². The number of hydrazone groups is 1. The summed E-state index contributed by atoms with van der Waals surface area (Å²) in [4.78, 5) is 10.8. The molecule has 0 unspecified atom stereocenters. The van der Waals surface area contributed by atoms with Crippen LogP contribution in [0.25, 0.3) is 0 Å². The molecule has 2 aromatic carbocycles. The summed E-state index contributed by atoms with van der Waals surface area (Å²) >= 11 is 0. The van der Waals surface area contributed by atoms with Crippen LogP contribution in [-0.2, 0) is 4.79 Å². The second-order valence-electron chi connectivity index (χ2n) is 5.58. The van der Waals surface area contributed by atoms with Crippen LogP contribution in [0.2, 0.25) is 0 Å². The van der Waals surface area contributed by atoms with Gasteiger partial charge in [0.1, 0.15) is 19.0 Å². The lowest BCUT2D eigenvalue weighted by atomic mass is 10.2. The summed E-state index contributed by atoms with van der Waals surface area (Å²) in [6.45, 7) is 6.68. The van der Waals surface area contributed by atoms with Crippen LogP contribution < -0.4 is 19.6 Å². The molecule has 6 heteroatoms. The lowest BCUT2D eigenvalue weighted by Crippen LogP contribution is -2.12. The fourth-order valence-corrected chi connectivity index (χ4v) is 2.14. The Balaban J connectivity index is 1.91. The Kier molecular flexibility index (Phi) is 7.49. The molecule has 2 rings (SSSR count). The molecule has 2 aromatic rings. The molecule has 1 amide bonds. The third-order valence-electron chi connectivity index (χ3n) is 3.33. The number of aryl methyl sites for hydroxylation is 1. The fraction of sp³-hybridized carbons (Fsp3) is 0.300. The van der Waals surface area contributed by atoms with E-state index in [9.17, 15) is 4.79 Å². The van der Waals surface area contributed by atoms with E-state index in [4.69, 9.17) is 14.2 Å². The van der Waals surface area contributed by atoms with Crippen LogP contribution >= 0.6 is 0 Å². The van der Waals surface area contributed by atoms with Gasteiger partial charge in [0.25, 0.3) is 0 Å². The van der Waals surface area contributed by atoms with Gasteiger partial charge in [-0.25, -0.2) is 5.43 Å². The van der Waals surface area contributed by atoms with Gasteiger partial charge >= 0.3 is 0 Å². The third-order valence-corrected chi connectivity index (χ3v) is 3.33. The van der Waals surface area contributed by atoms with Gasteiger partial charge in [-0.05, 0) is 49.7 Å². The van der Waals surface area contributed by atoms with Gasteiger partial charge in [-0.3, -0.25) is 4.79 Å². The molecule has 138 valence electrons. The summed E-state index contributed by atoms with van der Waals surface area (Å²) < 4.78 is 17.0. The van der Waals surface area contributed by atoms with Crippen LogP contribution in [0, 0.1) is 6.92 Å². The Bertz CT molecular complexity index is 742. The van der Waals surface area contributed by atoms with Crippen LogP contribution in [0.3, 0.4) is 0 Å². The van der Waals surface area contributed by atoms with Gasteiger partial charge < -0.3 is 14.2 Å². The summed E-state index contributed by atoms with van der Waals surface area (Å²) in [6.07, 6.45) is 1.55. The molecule has 26 heavy (non-hydrogen) atoms. The van der Waals surface area contributed by atoms with Crippen molar-refractivity contribution in [1.29, 1.82) is 0 Å². The minimum Gasteiger partial charge on any atom is -0.490 e. The summed E-state index contributed by atoms with van der Waals surface area (Å²) in [5.74, 6) is 1.85. The van der Waals surface area contributed by atoms with Gasteiger partial charge in [0.05, 0.1) is 12.8 Å². The average molecular weight is 356 g/mol. The second-order valence-corrected chi connectivity index (χ2v) is 5.58. The zero-order valence-corrected chi connectivity index (χ0v) is 15.3. The van der Waals surface area contributed by atoms with E-state index in [1.807, 2.05) is 56.3 Å². The summed E-state index contributed by atoms with van der Waals surface area (Å²) in [6, 6.07) is 13.3. The van der Waals surface area contributed by atoms with Crippen LogP contribution in [0.4, 0.5) is 0 Å². The number of carbonyl (C=O) groups excluding carboxylic acids is 1. The van der Waals surface area contributed by atoms with Crippen molar-refractivity contribution < 1.29 is 19.0 Å². The van der Waals surface area contributed by atoms with Crippen molar-refractivity contribution in [2.45, 2.75) is 20.8 Å². The quantitative estimate of drug-likeness (QED) is 0.425. The normalized spacial score (nSPS) is 10.6. The number of nitrogens with zero attached hydrogens (tertiary/aromatic N) is 1. The van der Waals surface area contributed by atoms with E-state index in [1.165, 1.54) is 12.5 Å². The summed E-state index contributed by atoms with van der Waals surface area (Å²) in [5.41, 5.74) is 4.35. The van der Waals surface area contributed by atoms with Gasteiger partial charge in [0, 0.05) is 6.92 Å². The maximum absolute atomic E-state index is 10.8. The molecule has 1 N–H and O–H groups in total. The Labute approximate surface area is 153 Å². The number of ether oxygens (including phenoxy) is 3. The molecule has 0 saturated carbocycles. The highest BCUT2D eigenvalue weighted by atomic mass is 16.5. The largest absolute Gasteiger partial charge is 0.490 e. The topological polar surface area (TPSA) is 69.2 Å². The van der Waals surface area contributed by atoms with Crippen molar-refractivity contribution in [3.05, 3.63) is 53.6 Å². The number of nitrogens with one attached hydrogen (secondary N) is 1. The van der Waals surface area contributed by atoms with Crippen molar-refractivity contribution in [3.63, 3.8) is 0 Å². The Morgan fingerprint density at radius 3 is 2.46 bits per heavy atom. The monoisotopic (exact) mass is 356 g/mol. The van der Waals surface area contributed by atoms with E-state index >= 15 is 0 Å². The Hall–Kier alpha value is -3.02. The van der Waals surface area contributed by atoms with Gasteiger partial charge in [-0.2, -0.15) is 5.10 Å². The van der Waals surface area contributed by atoms with E-state index in [0.29, 0.717) is 31.3 Å². The second kappa shape index (κ2) is 10.1. The van der Waals surface area contributed by atoms with E-state index in [1.54, 1.807) is 6.21 Å². The first kappa shape index (κ1) is 19.3. The number of rotatable bonds is 9. The molecule has 6 nitrogen and oxygen atoms in total. The van der Waals surface area contributed by atoms with Gasteiger partial charge in [0.2, 0.25) is 5.91 Å². The summed E-state index contributed by atoms with van der Waals surface area (Å²) in [7, 11) is 0. The zero-order chi connectivity index (χ0) is 18.8. The van der Waals surface area contributed by atoms with Gasteiger partial charge in [0.15, 0.2) is 11.5 Å². The molecule has 0 fully saturated rings. The molecular weight excluding hydrogens is 332 g/mol. The highest BCUT2D eigenvalue weighted by molar-refractivity contribution is 5.82. The fourth-order valence-electron chi connectivity index (χ4n) is 2.14.